The minimum absolute atomic E-state index is 0.0210. The molecule has 2 heteroatoms. The van der Waals surface area contributed by atoms with Gasteiger partial charge in [-0.15, -0.1) is 0 Å². The molecular weight excluding hydrogens is 186 g/mol. The molecule has 1 aliphatic carbocycles. The van der Waals surface area contributed by atoms with E-state index in [1.54, 1.807) is 0 Å². The minimum atomic E-state index is -0.0210. The smallest absolute Gasteiger partial charge is 0.0831 e. The van der Waals surface area contributed by atoms with Gasteiger partial charge in [0.1, 0.15) is 0 Å². The Bertz CT molecular complexity index is 175. The first-order valence-electron chi connectivity index (χ1n) is 6.47. The Morgan fingerprint density at radius 3 is 2.33 bits per heavy atom. The van der Waals surface area contributed by atoms with Gasteiger partial charge in [0.15, 0.2) is 0 Å². The van der Waals surface area contributed by atoms with Crippen molar-refractivity contribution in [3.8, 4) is 0 Å². The molecule has 2 unspecified atom stereocenters. The second-order valence-corrected chi connectivity index (χ2v) is 5.12. The molecule has 0 aromatic rings. The van der Waals surface area contributed by atoms with Crippen LogP contribution in [0.1, 0.15) is 58.8 Å². The van der Waals surface area contributed by atoms with Gasteiger partial charge in [-0.05, 0) is 25.2 Å². The molecule has 1 fully saturated rings. The lowest BCUT2D eigenvalue weighted by molar-refractivity contribution is -0.0705. The highest BCUT2D eigenvalue weighted by Crippen LogP contribution is 2.36. The van der Waals surface area contributed by atoms with Gasteiger partial charge in [0.25, 0.3) is 0 Å². The lowest BCUT2D eigenvalue weighted by atomic mass is 9.74. The third kappa shape index (κ3) is 2.94. The van der Waals surface area contributed by atoms with Crippen molar-refractivity contribution in [2.75, 3.05) is 7.11 Å². The summed E-state index contributed by atoms with van der Waals surface area (Å²) in [5.41, 5.74) is 6.38. The Morgan fingerprint density at radius 2 is 1.87 bits per heavy atom. The van der Waals surface area contributed by atoms with Gasteiger partial charge >= 0.3 is 0 Å². The molecule has 0 saturated heterocycles. The fourth-order valence-electron chi connectivity index (χ4n) is 2.98. The van der Waals surface area contributed by atoms with Crippen molar-refractivity contribution in [1.29, 1.82) is 0 Å². The Labute approximate surface area is 94.6 Å². The number of ether oxygens (including phenoxy) is 1. The lowest BCUT2D eigenvalue weighted by Gasteiger charge is -2.43. The van der Waals surface area contributed by atoms with E-state index in [9.17, 15) is 0 Å². The van der Waals surface area contributed by atoms with Gasteiger partial charge < -0.3 is 10.5 Å². The molecule has 0 spiro atoms. The predicted molar refractivity (Wildman–Crippen MR) is 64.9 cm³/mol. The molecule has 0 aliphatic heterocycles. The number of methoxy groups -OCH3 is 1. The second kappa shape index (κ2) is 5.86. The maximum atomic E-state index is 6.40. The van der Waals surface area contributed by atoms with Crippen LogP contribution in [0.4, 0.5) is 0 Å². The van der Waals surface area contributed by atoms with E-state index in [-0.39, 0.29) is 11.6 Å². The third-order valence-corrected chi connectivity index (χ3v) is 4.07. The number of hydrogen-bond acceptors (Lipinski definition) is 2. The van der Waals surface area contributed by atoms with Crippen molar-refractivity contribution in [3.63, 3.8) is 0 Å². The maximum absolute atomic E-state index is 6.40. The topological polar surface area (TPSA) is 35.2 Å². The fourth-order valence-corrected chi connectivity index (χ4v) is 2.98. The quantitative estimate of drug-likeness (QED) is 0.761. The molecule has 2 nitrogen and oxygen atoms in total. The molecule has 2 atom stereocenters. The summed E-state index contributed by atoms with van der Waals surface area (Å²) in [6, 6.07) is 0.211. The highest BCUT2D eigenvalue weighted by Gasteiger charge is 2.40. The number of hydrogen-bond donors (Lipinski definition) is 1. The van der Waals surface area contributed by atoms with Crippen LogP contribution in [0.15, 0.2) is 0 Å². The monoisotopic (exact) mass is 213 g/mol. The summed E-state index contributed by atoms with van der Waals surface area (Å²) in [5.74, 6) is 0.577. The summed E-state index contributed by atoms with van der Waals surface area (Å²) in [6.45, 7) is 4.49. The third-order valence-electron chi connectivity index (χ3n) is 4.07. The first-order chi connectivity index (χ1) is 7.16. The maximum Gasteiger partial charge on any atom is 0.0831 e. The molecule has 0 heterocycles. The normalized spacial score (nSPS) is 24.8. The Kier molecular flexibility index (Phi) is 5.07. The summed E-state index contributed by atoms with van der Waals surface area (Å²) >= 11 is 0. The van der Waals surface area contributed by atoms with Crippen LogP contribution in [0.5, 0.6) is 0 Å². The molecule has 0 aromatic heterocycles. The minimum Gasteiger partial charge on any atom is -0.377 e. The van der Waals surface area contributed by atoms with Crippen molar-refractivity contribution >= 4 is 0 Å². The lowest BCUT2D eigenvalue weighted by Crippen LogP contribution is -2.54. The fraction of sp³-hybridized carbons (Fsp3) is 1.00. The molecule has 90 valence electrons. The highest BCUT2D eigenvalue weighted by atomic mass is 16.5. The summed E-state index contributed by atoms with van der Waals surface area (Å²) in [5, 5.41) is 0. The van der Waals surface area contributed by atoms with E-state index < -0.39 is 0 Å². The second-order valence-electron chi connectivity index (χ2n) is 5.12. The summed E-state index contributed by atoms with van der Waals surface area (Å²) < 4.78 is 5.78. The zero-order valence-electron chi connectivity index (χ0n) is 10.6. The molecule has 1 aliphatic rings. The van der Waals surface area contributed by atoms with Crippen molar-refractivity contribution < 1.29 is 4.74 Å². The van der Waals surface area contributed by atoms with Gasteiger partial charge in [-0.2, -0.15) is 0 Å². The van der Waals surface area contributed by atoms with Gasteiger partial charge in [0.2, 0.25) is 0 Å². The van der Waals surface area contributed by atoms with Crippen LogP contribution in [0.3, 0.4) is 0 Å². The summed E-state index contributed by atoms with van der Waals surface area (Å²) in [4.78, 5) is 0. The van der Waals surface area contributed by atoms with Gasteiger partial charge in [0.05, 0.1) is 5.60 Å². The Hall–Kier alpha value is -0.0800. The van der Waals surface area contributed by atoms with Crippen LogP contribution in [0.25, 0.3) is 0 Å². The van der Waals surface area contributed by atoms with Gasteiger partial charge in [-0.3, -0.25) is 0 Å². The van der Waals surface area contributed by atoms with E-state index >= 15 is 0 Å². The van der Waals surface area contributed by atoms with Crippen LogP contribution in [0.2, 0.25) is 0 Å². The predicted octanol–water partition coefficient (Wildman–Crippen LogP) is 3.10. The van der Waals surface area contributed by atoms with Crippen LogP contribution in [0, 0.1) is 5.92 Å². The summed E-state index contributed by atoms with van der Waals surface area (Å²) in [6.07, 6.45) is 8.64. The molecule has 1 saturated carbocycles. The van der Waals surface area contributed by atoms with E-state index in [1.165, 1.54) is 32.1 Å². The van der Waals surface area contributed by atoms with Crippen molar-refractivity contribution in [2.24, 2.45) is 11.7 Å². The Balaban J connectivity index is 2.62. The largest absolute Gasteiger partial charge is 0.377 e. The molecule has 0 aromatic carbocycles. The molecular formula is C13H27NO. The zero-order valence-corrected chi connectivity index (χ0v) is 10.6. The van der Waals surface area contributed by atoms with Gasteiger partial charge in [-0.1, -0.05) is 39.5 Å². The van der Waals surface area contributed by atoms with Crippen molar-refractivity contribution in [2.45, 2.75) is 70.4 Å². The molecule has 2 N–H and O–H groups in total. The highest BCUT2D eigenvalue weighted by molar-refractivity contribution is 4.95. The van der Waals surface area contributed by atoms with Gasteiger partial charge in [0, 0.05) is 13.2 Å². The van der Waals surface area contributed by atoms with Crippen LogP contribution in [-0.4, -0.2) is 18.8 Å². The van der Waals surface area contributed by atoms with Crippen molar-refractivity contribution in [1.82, 2.24) is 0 Å². The zero-order chi connectivity index (χ0) is 11.3. The van der Waals surface area contributed by atoms with Crippen LogP contribution < -0.4 is 5.73 Å². The standard InChI is InChI=1S/C13H27NO/c1-4-8-11(2)12(14)13(15-3)9-6-5-7-10-13/h11-12H,4-10,14H2,1-3H3. The molecule has 0 amide bonds. The molecule has 1 rings (SSSR count). The Morgan fingerprint density at radius 1 is 1.27 bits per heavy atom. The van der Waals surface area contributed by atoms with E-state index in [1.807, 2.05) is 7.11 Å². The average Bonchev–Trinajstić information content (AvgIpc) is 2.29. The van der Waals surface area contributed by atoms with Crippen LogP contribution >= 0.6 is 0 Å². The van der Waals surface area contributed by atoms with E-state index in [2.05, 4.69) is 13.8 Å². The van der Waals surface area contributed by atoms with E-state index in [4.69, 9.17) is 10.5 Å². The number of nitrogens with two attached hydrogens (primary N) is 1. The first kappa shape index (κ1) is 13.0. The number of rotatable bonds is 5. The van der Waals surface area contributed by atoms with Gasteiger partial charge in [-0.25, -0.2) is 0 Å². The van der Waals surface area contributed by atoms with Crippen molar-refractivity contribution in [3.05, 3.63) is 0 Å². The first-order valence-corrected chi connectivity index (χ1v) is 6.47. The average molecular weight is 213 g/mol. The molecule has 0 bridgehead atoms. The van der Waals surface area contributed by atoms with Crippen LogP contribution in [-0.2, 0) is 4.74 Å². The van der Waals surface area contributed by atoms with E-state index in [0.717, 1.165) is 12.8 Å². The summed E-state index contributed by atoms with van der Waals surface area (Å²) in [7, 11) is 1.84. The molecule has 15 heavy (non-hydrogen) atoms. The van der Waals surface area contributed by atoms with E-state index in [0.29, 0.717) is 5.92 Å². The SMILES string of the molecule is CCCC(C)C(N)C1(OC)CCCCC1. The molecule has 0 radical (unpaired) electrons.